The molecule has 3 nitrogen and oxygen atoms in total. The fraction of sp³-hybridized carbons (Fsp3) is 0.0909. The Bertz CT molecular complexity index is 803. The van der Waals surface area contributed by atoms with Crippen LogP contribution in [0.4, 0.5) is 13.2 Å². The highest BCUT2D eigenvalue weighted by atomic mass is 32.1. The van der Waals surface area contributed by atoms with Crippen LogP contribution in [0.3, 0.4) is 0 Å². The quantitative estimate of drug-likeness (QED) is 0.629. The van der Waals surface area contributed by atoms with Crippen molar-refractivity contribution in [1.82, 2.24) is 9.38 Å². The van der Waals surface area contributed by atoms with Crippen LogP contribution in [-0.2, 0) is 6.18 Å². The molecule has 18 heavy (non-hydrogen) atoms. The van der Waals surface area contributed by atoms with Crippen molar-refractivity contribution in [3.05, 3.63) is 45.7 Å². The van der Waals surface area contributed by atoms with Crippen molar-refractivity contribution in [3.8, 4) is 0 Å². The molecule has 0 saturated carbocycles. The number of hydrogen-bond acceptors (Lipinski definition) is 3. The lowest BCUT2D eigenvalue weighted by atomic mass is 10.1. The zero-order valence-corrected chi connectivity index (χ0v) is 9.55. The molecule has 2 heterocycles. The first kappa shape index (κ1) is 11.2. The number of fused-ring (bicyclic) bond motifs is 2. The lowest BCUT2D eigenvalue weighted by Crippen LogP contribution is -2.15. The Morgan fingerprint density at radius 3 is 2.78 bits per heavy atom. The predicted octanol–water partition coefficient (Wildman–Crippen LogP) is 2.93. The molecule has 0 bridgehead atoms. The molecule has 0 saturated heterocycles. The summed E-state index contributed by atoms with van der Waals surface area (Å²) in [5.74, 6) is 0. The molecule has 3 rings (SSSR count). The van der Waals surface area contributed by atoms with Crippen molar-refractivity contribution in [1.29, 1.82) is 0 Å². The van der Waals surface area contributed by atoms with E-state index in [9.17, 15) is 18.0 Å². The summed E-state index contributed by atoms with van der Waals surface area (Å²) >= 11 is 1.12. The maximum absolute atomic E-state index is 12.8. The molecule has 0 spiro atoms. The smallest absolute Gasteiger partial charge is 0.268 e. The molecule has 0 radical (unpaired) electrons. The molecule has 0 aliphatic rings. The molecule has 2 aromatic heterocycles. The van der Waals surface area contributed by atoms with E-state index in [0.717, 1.165) is 17.4 Å². The fourth-order valence-electron chi connectivity index (χ4n) is 1.80. The van der Waals surface area contributed by atoms with Gasteiger partial charge in [-0.3, -0.25) is 9.20 Å². The van der Waals surface area contributed by atoms with E-state index in [1.165, 1.54) is 22.7 Å². The van der Waals surface area contributed by atoms with Crippen molar-refractivity contribution in [2.24, 2.45) is 0 Å². The average Bonchev–Trinajstić information content (AvgIpc) is 2.75. The third-order valence-electron chi connectivity index (χ3n) is 2.59. The number of halogens is 3. The largest absolute Gasteiger partial charge is 0.418 e. The van der Waals surface area contributed by atoms with Crippen LogP contribution in [0.2, 0.25) is 0 Å². The van der Waals surface area contributed by atoms with Gasteiger partial charge in [0, 0.05) is 11.6 Å². The second kappa shape index (κ2) is 3.55. The summed E-state index contributed by atoms with van der Waals surface area (Å²) in [5, 5.41) is 1.58. The standard InChI is InChI=1S/C11H5F3N2OS/c12-11(13,14)7-3-1-2-6-8(7)15-10-16(9(6)17)4-5-18-10/h1-5H. The molecule has 0 N–H and O–H groups in total. The minimum absolute atomic E-state index is 0.0271. The molecule has 7 heteroatoms. The molecule has 0 amide bonds. The Hall–Kier alpha value is -1.89. The molecule has 3 aromatic rings. The van der Waals surface area contributed by atoms with E-state index in [-0.39, 0.29) is 15.9 Å². The van der Waals surface area contributed by atoms with Gasteiger partial charge in [-0.05, 0) is 12.1 Å². The first-order valence-electron chi connectivity index (χ1n) is 4.94. The Balaban J connectivity index is 2.56. The summed E-state index contributed by atoms with van der Waals surface area (Å²) in [7, 11) is 0. The lowest BCUT2D eigenvalue weighted by Gasteiger charge is -2.09. The molecule has 0 unspecified atom stereocenters. The van der Waals surface area contributed by atoms with Crippen LogP contribution in [0, 0.1) is 0 Å². The topological polar surface area (TPSA) is 34.4 Å². The maximum atomic E-state index is 12.8. The van der Waals surface area contributed by atoms with Gasteiger partial charge in [-0.15, -0.1) is 11.3 Å². The Morgan fingerprint density at radius 1 is 1.28 bits per heavy atom. The van der Waals surface area contributed by atoms with Crippen LogP contribution in [0.5, 0.6) is 0 Å². The van der Waals surface area contributed by atoms with Crippen LogP contribution >= 0.6 is 11.3 Å². The minimum atomic E-state index is -4.52. The Labute approximate surface area is 102 Å². The number of hydrogen-bond donors (Lipinski definition) is 0. The molecule has 0 fully saturated rings. The monoisotopic (exact) mass is 270 g/mol. The number of rotatable bonds is 0. The zero-order chi connectivity index (χ0) is 12.9. The van der Waals surface area contributed by atoms with Crippen LogP contribution in [0.15, 0.2) is 34.6 Å². The molecule has 0 atom stereocenters. The highest BCUT2D eigenvalue weighted by molar-refractivity contribution is 7.15. The highest BCUT2D eigenvalue weighted by Gasteiger charge is 2.33. The number of benzene rings is 1. The summed E-state index contributed by atoms with van der Waals surface area (Å²) in [4.78, 5) is 16.2. The van der Waals surface area contributed by atoms with E-state index in [0.29, 0.717) is 0 Å². The van der Waals surface area contributed by atoms with E-state index in [1.807, 2.05) is 0 Å². The second-order valence-electron chi connectivity index (χ2n) is 3.67. The third kappa shape index (κ3) is 1.51. The van der Waals surface area contributed by atoms with Gasteiger partial charge >= 0.3 is 6.18 Å². The summed E-state index contributed by atoms with van der Waals surface area (Å²) in [5.41, 5.74) is -1.66. The normalized spacial score (nSPS) is 12.4. The van der Waals surface area contributed by atoms with Gasteiger partial charge in [-0.2, -0.15) is 13.2 Å². The number of para-hydroxylation sites is 1. The Kier molecular flexibility index (Phi) is 2.21. The van der Waals surface area contributed by atoms with Crippen LogP contribution in [0.25, 0.3) is 15.9 Å². The van der Waals surface area contributed by atoms with Crippen molar-refractivity contribution >= 4 is 27.2 Å². The van der Waals surface area contributed by atoms with Crippen molar-refractivity contribution in [3.63, 3.8) is 0 Å². The highest BCUT2D eigenvalue weighted by Crippen LogP contribution is 2.33. The lowest BCUT2D eigenvalue weighted by molar-refractivity contribution is -0.136. The zero-order valence-electron chi connectivity index (χ0n) is 8.73. The average molecular weight is 270 g/mol. The molecule has 0 aliphatic heterocycles. The molecular formula is C11H5F3N2OS. The number of alkyl halides is 3. The summed E-state index contributed by atoms with van der Waals surface area (Å²) in [6.07, 6.45) is -3.02. The van der Waals surface area contributed by atoms with Crippen LogP contribution in [-0.4, -0.2) is 9.38 Å². The van der Waals surface area contributed by atoms with E-state index in [1.54, 1.807) is 5.38 Å². The van der Waals surface area contributed by atoms with Gasteiger partial charge in [0.2, 0.25) is 0 Å². The van der Waals surface area contributed by atoms with Gasteiger partial charge in [0.05, 0.1) is 16.5 Å². The summed E-state index contributed by atoms with van der Waals surface area (Å²) in [6.45, 7) is 0. The summed E-state index contributed by atoms with van der Waals surface area (Å²) in [6, 6.07) is 3.50. The third-order valence-corrected chi connectivity index (χ3v) is 3.34. The second-order valence-corrected chi connectivity index (χ2v) is 4.55. The Morgan fingerprint density at radius 2 is 2.06 bits per heavy atom. The van der Waals surface area contributed by atoms with Crippen molar-refractivity contribution in [2.45, 2.75) is 6.18 Å². The van der Waals surface area contributed by atoms with Gasteiger partial charge in [0.25, 0.3) is 5.56 Å². The predicted molar refractivity (Wildman–Crippen MR) is 61.8 cm³/mol. The van der Waals surface area contributed by atoms with Crippen molar-refractivity contribution < 1.29 is 13.2 Å². The number of aromatic nitrogens is 2. The molecule has 1 aromatic carbocycles. The first-order chi connectivity index (χ1) is 8.48. The van der Waals surface area contributed by atoms with E-state index >= 15 is 0 Å². The summed E-state index contributed by atoms with van der Waals surface area (Å²) < 4.78 is 39.7. The van der Waals surface area contributed by atoms with Crippen LogP contribution in [0.1, 0.15) is 5.56 Å². The molecule has 0 aliphatic carbocycles. The SMILES string of the molecule is O=c1c2cccc(C(F)(F)F)c2nc2sccn12. The van der Waals surface area contributed by atoms with Crippen LogP contribution < -0.4 is 5.56 Å². The minimum Gasteiger partial charge on any atom is -0.268 e. The number of nitrogens with zero attached hydrogens (tertiary/aromatic N) is 2. The van der Waals surface area contributed by atoms with E-state index in [4.69, 9.17) is 0 Å². The first-order valence-corrected chi connectivity index (χ1v) is 5.82. The van der Waals surface area contributed by atoms with Gasteiger partial charge < -0.3 is 0 Å². The van der Waals surface area contributed by atoms with Gasteiger partial charge in [-0.1, -0.05) is 6.07 Å². The van der Waals surface area contributed by atoms with Gasteiger partial charge in [0.1, 0.15) is 0 Å². The van der Waals surface area contributed by atoms with Gasteiger partial charge in [0.15, 0.2) is 4.96 Å². The number of thiazole rings is 1. The maximum Gasteiger partial charge on any atom is 0.418 e. The van der Waals surface area contributed by atoms with E-state index in [2.05, 4.69) is 4.98 Å². The fourth-order valence-corrected chi connectivity index (χ4v) is 2.50. The molecular weight excluding hydrogens is 265 g/mol. The van der Waals surface area contributed by atoms with Gasteiger partial charge in [-0.25, -0.2) is 4.98 Å². The molecule has 92 valence electrons. The van der Waals surface area contributed by atoms with Crippen molar-refractivity contribution in [2.75, 3.05) is 0 Å². The van der Waals surface area contributed by atoms with E-state index < -0.39 is 17.3 Å².